The fourth-order valence-electron chi connectivity index (χ4n) is 3.65. The predicted octanol–water partition coefficient (Wildman–Crippen LogP) is 4.68. The molecule has 3 N–H and O–H groups in total. The van der Waals surface area contributed by atoms with E-state index in [1.807, 2.05) is 4.72 Å². The SMILES string of the molecule is Cc1ccc(F)cc1S(=O)(=O)Nc1ncc(F)c(-c2ccc3c(-c4ncc[nH]4)[nH]nc3c2F)c1F. The average molecular weight is 502 g/mol. The van der Waals surface area contributed by atoms with Gasteiger partial charge in [0, 0.05) is 23.3 Å². The molecule has 3 heterocycles. The Morgan fingerprint density at radius 2 is 1.80 bits per heavy atom. The maximum absolute atomic E-state index is 15.4. The Bertz CT molecular complexity index is 1700. The smallest absolute Gasteiger partial charge is 0.263 e. The van der Waals surface area contributed by atoms with Crippen LogP contribution in [0.2, 0.25) is 0 Å². The molecule has 0 saturated heterocycles. The zero-order valence-corrected chi connectivity index (χ0v) is 18.5. The van der Waals surface area contributed by atoms with Gasteiger partial charge in [-0.05, 0) is 30.7 Å². The van der Waals surface area contributed by atoms with Gasteiger partial charge in [-0.2, -0.15) is 5.10 Å². The molecule has 0 aliphatic heterocycles. The number of nitrogens with one attached hydrogen (secondary N) is 3. The molecule has 0 aliphatic rings. The minimum Gasteiger partial charge on any atom is -0.343 e. The number of sulfonamides is 1. The quantitative estimate of drug-likeness (QED) is 0.302. The second kappa shape index (κ2) is 8.20. The molecule has 0 unspecified atom stereocenters. The third-order valence-corrected chi connectivity index (χ3v) is 6.79. The molecule has 35 heavy (non-hydrogen) atoms. The number of pyridine rings is 1. The molecule has 178 valence electrons. The lowest BCUT2D eigenvalue weighted by atomic mass is 10.0. The highest BCUT2D eigenvalue weighted by Gasteiger charge is 2.26. The van der Waals surface area contributed by atoms with Crippen LogP contribution in [0.25, 0.3) is 33.5 Å². The van der Waals surface area contributed by atoms with Crippen LogP contribution in [0, 0.1) is 30.2 Å². The van der Waals surface area contributed by atoms with Crippen LogP contribution in [-0.4, -0.2) is 33.6 Å². The number of rotatable bonds is 5. The van der Waals surface area contributed by atoms with Crippen molar-refractivity contribution in [2.75, 3.05) is 4.72 Å². The van der Waals surface area contributed by atoms with Gasteiger partial charge >= 0.3 is 0 Å². The van der Waals surface area contributed by atoms with E-state index in [-0.39, 0.29) is 11.1 Å². The summed E-state index contributed by atoms with van der Waals surface area (Å²) in [4.78, 5) is 9.91. The summed E-state index contributed by atoms with van der Waals surface area (Å²) >= 11 is 0. The molecule has 0 spiro atoms. The molecule has 0 fully saturated rings. The van der Waals surface area contributed by atoms with Gasteiger partial charge in [-0.1, -0.05) is 12.1 Å². The lowest BCUT2D eigenvalue weighted by Gasteiger charge is -2.13. The first-order valence-electron chi connectivity index (χ1n) is 9.97. The van der Waals surface area contributed by atoms with E-state index in [0.717, 1.165) is 18.2 Å². The molecule has 5 aromatic rings. The van der Waals surface area contributed by atoms with Gasteiger partial charge in [-0.15, -0.1) is 0 Å². The van der Waals surface area contributed by atoms with E-state index < -0.39 is 55.1 Å². The van der Waals surface area contributed by atoms with Gasteiger partial charge in [0.1, 0.15) is 17.0 Å². The Morgan fingerprint density at radius 3 is 2.54 bits per heavy atom. The summed E-state index contributed by atoms with van der Waals surface area (Å²) in [5.74, 6) is -5.06. The number of imidazole rings is 1. The van der Waals surface area contributed by atoms with Crippen LogP contribution in [0.3, 0.4) is 0 Å². The number of hydrogen-bond acceptors (Lipinski definition) is 5. The molecule has 0 saturated carbocycles. The number of aromatic amines is 2. The summed E-state index contributed by atoms with van der Waals surface area (Å²) < 4.78 is 86.3. The second-order valence-electron chi connectivity index (χ2n) is 7.52. The van der Waals surface area contributed by atoms with Gasteiger partial charge in [0.25, 0.3) is 10.0 Å². The summed E-state index contributed by atoms with van der Waals surface area (Å²) in [7, 11) is -4.50. The van der Waals surface area contributed by atoms with Crippen LogP contribution >= 0.6 is 0 Å². The maximum atomic E-state index is 15.4. The number of fused-ring (bicyclic) bond motifs is 1. The van der Waals surface area contributed by atoms with Crippen LogP contribution in [0.15, 0.2) is 53.8 Å². The molecule has 0 radical (unpaired) electrons. The normalized spacial score (nSPS) is 11.8. The van der Waals surface area contributed by atoms with E-state index in [9.17, 15) is 17.2 Å². The van der Waals surface area contributed by atoms with Crippen molar-refractivity contribution in [1.82, 2.24) is 25.1 Å². The van der Waals surface area contributed by atoms with Crippen molar-refractivity contribution in [3.05, 3.63) is 77.8 Å². The number of H-pyrrole nitrogens is 2. The summed E-state index contributed by atoms with van der Waals surface area (Å²) in [6.07, 6.45) is 3.60. The van der Waals surface area contributed by atoms with Crippen LogP contribution in [0.1, 0.15) is 5.56 Å². The molecule has 0 aliphatic carbocycles. The first kappa shape index (κ1) is 22.5. The fraction of sp³-hybridized carbons (Fsp3) is 0.0455. The summed E-state index contributed by atoms with van der Waals surface area (Å²) in [6, 6.07) is 5.58. The molecule has 0 bridgehead atoms. The van der Waals surface area contributed by atoms with Crippen molar-refractivity contribution >= 4 is 26.7 Å². The van der Waals surface area contributed by atoms with Gasteiger partial charge < -0.3 is 4.98 Å². The Labute approximate surface area is 195 Å². The molecule has 0 atom stereocenters. The van der Waals surface area contributed by atoms with Gasteiger partial charge in [-0.3, -0.25) is 9.82 Å². The Kier molecular flexibility index (Phi) is 5.28. The highest BCUT2D eigenvalue weighted by atomic mass is 32.2. The number of nitrogens with zero attached hydrogens (tertiary/aromatic N) is 3. The van der Waals surface area contributed by atoms with Crippen molar-refractivity contribution < 1.29 is 26.0 Å². The topological polar surface area (TPSA) is 116 Å². The monoisotopic (exact) mass is 502 g/mol. The van der Waals surface area contributed by atoms with Crippen molar-refractivity contribution in [3.63, 3.8) is 0 Å². The van der Waals surface area contributed by atoms with Crippen LogP contribution in [0.4, 0.5) is 23.4 Å². The van der Waals surface area contributed by atoms with E-state index in [1.54, 1.807) is 6.20 Å². The molecule has 13 heteroatoms. The Morgan fingerprint density at radius 1 is 1.00 bits per heavy atom. The molecule has 3 aromatic heterocycles. The minimum atomic E-state index is -4.50. The first-order chi connectivity index (χ1) is 16.7. The van der Waals surface area contributed by atoms with Crippen molar-refractivity contribution in [3.8, 4) is 22.6 Å². The number of halogens is 4. The Hall–Kier alpha value is -4.26. The summed E-state index contributed by atoms with van der Waals surface area (Å²) in [5.41, 5.74) is -1.01. The number of anilines is 1. The fourth-order valence-corrected chi connectivity index (χ4v) is 4.92. The maximum Gasteiger partial charge on any atom is 0.263 e. The standard InChI is InChI=1S/C22H14F4N6O2S/c1-10-2-3-11(23)8-15(10)35(33,34)32-21-18(26)16(14(24)9-29-21)12-4-5-13-19(17(12)25)30-31-20(13)22-27-6-7-28-22/h2-9H,1H3,(H,27,28)(H,29,32)(H,30,31). The Balaban J connectivity index is 1.60. The second-order valence-corrected chi connectivity index (χ2v) is 9.17. The molecule has 2 aromatic carbocycles. The molecule has 5 rings (SSSR count). The first-order valence-corrected chi connectivity index (χ1v) is 11.5. The highest BCUT2D eigenvalue weighted by molar-refractivity contribution is 7.92. The zero-order valence-electron chi connectivity index (χ0n) is 17.7. The predicted molar refractivity (Wildman–Crippen MR) is 119 cm³/mol. The molecular formula is C22H14F4N6O2S. The third kappa shape index (κ3) is 3.79. The number of aromatic nitrogens is 5. The van der Waals surface area contributed by atoms with E-state index in [2.05, 4.69) is 25.1 Å². The molecule has 8 nitrogen and oxygen atoms in total. The van der Waals surface area contributed by atoms with Crippen LogP contribution in [0.5, 0.6) is 0 Å². The van der Waals surface area contributed by atoms with Crippen molar-refractivity contribution in [2.24, 2.45) is 0 Å². The van der Waals surface area contributed by atoms with E-state index in [4.69, 9.17) is 0 Å². The average Bonchev–Trinajstić information content (AvgIpc) is 3.49. The largest absolute Gasteiger partial charge is 0.343 e. The van der Waals surface area contributed by atoms with Gasteiger partial charge in [-0.25, -0.2) is 35.9 Å². The minimum absolute atomic E-state index is 0.184. The third-order valence-electron chi connectivity index (χ3n) is 5.31. The molecular weight excluding hydrogens is 488 g/mol. The molecule has 0 amide bonds. The van der Waals surface area contributed by atoms with Gasteiger partial charge in [0.2, 0.25) is 0 Å². The van der Waals surface area contributed by atoms with Gasteiger partial charge in [0.05, 0.1) is 16.7 Å². The van der Waals surface area contributed by atoms with Crippen LogP contribution < -0.4 is 4.72 Å². The van der Waals surface area contributed by atoms with E-state index in [0.29, 0.717) is 23.1 Å². The number of benzene rings is 2. The van der Waals surface area contributed by atoms with E-state index in [1.165, 1.54) is 25.3 Å². The van der Waals surface area contributed by atoms with Crippen LogP contribution in [-0.2, 0) is 10.0 Å². The zero-order chi connectivity index (χ0) is 24.9. The highest BCUT2D eigenvalue weighted by Crippen LogP contribution is 2.36. The summed E-state index contributed by atoms with van der Waals surface area (Å²) in [6.45, 7) is 1.42. The van der Waals surface area contributed by atoms with E-state index >= 15 is 8.78 Å². The summed E-state index contributed by atoms with van der Waals surface area (Å²) in [5, 5.41) is 6.83. The van der Waals surface area contributed by atoms with Gasteiger partial charge in [0.15, 0.2) is 29.1 Å². The lowest BCUT2D eigenvalue weighted by Crippen LogP contribution is -2.17. The number of hydrogen-bond donors (Lipinski definition) is 3. The van der Waals surface area contributed by atoms with Crippen molar-refractivity contribution in [1.29, 1.82) is 0 Å². The lowest BCUT2D eigenvalue weighted by molar-refractivity contribution is 0.574. The number of aryl methyl sites for hydroxylation is 1. The van der Waals surface area contributed by atoms with Crippen molar-refractivity contribution in [2.45, 2.75) is 11.8 Å².